The highest BCUT2D eigenvalue weighted by molar-refractivity contribution is 7.98. The maximum atomic E-state index is 12.2. The molecule has 0 saturated heterocycles. The van der Waals surface area contributed by atoms with Gasteiger partial charge >= 0.3 is 0 Å². The summed E-state index contributed by atoms with van der Waals surface area (Å²) in [7, 11) is 0. The van der Waals surface area contributed by atoms with Gasteiger partial charge in [-0.2, -0.15) is 11.8 Å². The lowest BCUT2D eigenvalue weighted by atomic mass is 10.1. The fraction of sp³-hybridized carbons (Fsp3) is 0.273. The molecule has 4 nitrogen and oxygen atoms in total. The largest absolute Gasteiger partial charge is 0.444 e. The number of carbonyl (C=O) groups is 1. The van der Waals surface area contributed by atoms with Gasteiger partial charge in [0.25, 0.3) is 0 Å². The zero-order valence-electron chi connectivity index (χ0n) is 15.7. The van der Waals surface area contributed by atoms with Gasteiger partial charge in [0.1, 0.15) is 6.26 Å². The van der Waals surface area contributed by atoms with Gasteiger partial charge in [-0.05, 0) is 49.3 Å². The minimum absolute atomic E-state index is 0.0702. The van der Waals surface area contributed by atoms with Crippen LogP contribution < -0.4 is 5.32 Å². The van der Waals surface area contributed by atoms with Crippen molar-refractivity contribution in [3.05, 3.63) is 71.6 Å². The molecule has 0 aliphatic rings. The van der Waals surface area contributed by atoms with Gasteiger partial charge in [0.15, 0.2) is 0 Å². The molecule has 1 heterocycles. The van der Waals surface area contributed by atoms with E-state index in [-0.39, 0.29) is 5.91 Å². The number of thioether (sulfide) groups is 1. The molecular formula is C22H24N2O2S. The lowest BCUT2D eigenvalue weighted by molar-refractivity contribution is -0.116. The molecule has 1 N–H and O–H groups in total. The van der Waals surface area contributed by atoms with Crippen molar-refractivity contribution in [2.24, 2.45) is 0 Å². The molecule has 0 atom stereocenters. The Labute approximate surface area is 164 Å². The number of nitrogens with one attached hydrogen (secondary N) is 1. The first-order valence-corrected chi connectivity index (χ1v) is 10.2. The SMILES string of the molecule is Cc1cccc(C)c1NC(=O)CCCSCc1coc(-c2ccccc2)n1. The van der Waals surface area contributed by atoms with Crippen LogP contribution in [0.2, 0.25) is 0 Å². The molecule has 0 radical (unpaired) electrons. The molecule has 140 valence electrons. The summed E-state index contributed by atoms with van der Waals surface area (Å²) in [5.74, 6) is 2.42. The van der Waals surface area contributed by atoms with Crippen LogP contribution in [0, 0.1) is 13.8 Å². The van der Waals surface area contributed by atoms with Crippen molar-refractivity contribution in [2.75, 3.05) is 11.1 Å². The third-order valence-corrected chi connectivity index (χ3v) is 5.34. The number of hydrogen-bond donors (Lipinski definition) is 1. The zero-order valence-corrected chi connectivity index (χ0v) is 16.5. The van der Waals surface area contributed by atoms with Crippen molar-refractivity contribution < 1.29 is 9.21 Å². The second-order valence-electron chi connectivity index (χ2n) is 6.48. The van der Waals surface area contributed by atoms with Crippen LogP contribution in [-0.2, 0) is 10.5 Å². The molecule has 1 amide bonds. The highest BCUT2D eigenvalue weighted by Crippen LogP contribution is 2.22. The van der Waals surface area contributed by atoms with Gasteiger partial charge in [-0.3, -0.25) is 4.79 Å². The lowest BCUT2D eigenvalue weighted by Crippen LogP contribution is -2.13. The number of benzene rings is 2. The van der Waals surface area contributed by atoms with Gasteiger partial charge in [0.2, 0.25) is 11.8 Å². The molecule has 2 aromatic carbocycles. The minimum Gasteiger partial charge on any atom is -0.444 e. The average molecular weight is 381 g/mol. The zero-order chi connectivity index (χ0) is 19.1. The van der Waals surface area contributed by atoms with Crippen molar-refractivity contribution >= 4 is 23.4 Å². The Kier molecular flexibility index (Phi) is 6.71. The normalized spacial score (nSPS) is 10.7. The highest BCUT2D eigenvalue weighted by Gasteiger charge is 2.08. The number of anilines is 1. The standard InChI is InChI=1S/C22H24N2O2S/c1-16-8-6-9-17(2)21(16)24-20(25)12-7-13-27-15-19-14-26-22(23-19)18-10-4-3-5-11-18/h3-6,8-11,14H,7,12-13,15H2,1-2H3,(H,24,25). The van der Waals surface area contributed by atoms with Crippen LogP contribution in [0.5, 0.6) is 0 Å². The molecular weight excluding hydrogens is 356 g/mol. The number of oxazole rings is 1. The predicted octanol–water partition coefficient (Wildman–Crippen LogP) is 5.61. The number of carbonyl (C=O) groups excluding carboxylic acids is 1. The maximum Gasteiger partial charge on any atom is 0.226 e. The first kappa shape index (κ1) is 19.2. The summed E-state index contributed by atoms with van der Waals surface area (Å²) in [5.41, 5.74) is 5.04. The Morgan fingerprint density at radius 2 is 1.81 bits per heavy atom. The molecule has 0 saturated carbocycles. The predicted molar refractivity (Wildman–Crippen MR) is 112 cm³/mol. The van der Waals surface area contributed by atoms with Crippen LogP contribution >= 0.6 is 11.8 Å². The number of aromatic nitrogens is 1. The van der Waals surface area contributed by atoms with E-state index >= 15 is 0 Å². The molecule has 0 spiro atoms. The van der Waals surface area contributed by atoms with Crippen LogP contribution in [-0.4, -0.2) is 16.6 Å². The molecule has 3 aromatic rings. The fourth-order valence-electron chi connectivity index (χ4n) is 2.81. The summed E-state index contributed by atoms with van der Waals surface area (Å²) in [6.07, 6.45) is 3.07. The topological polar surface area (TPSA) is 55.1 Å². The van der Waals surface area contributed by atoms with E-state index in [4.69, 9.17) is 4.42 Å². The van der Waals surface area contributed by atoms with Gasteiger partial charge in [-0.25, -0.2) is 4.98 Å². The molecule has 0 aliphatic carbocycles. The first-order chi connectivity index (χ1) is 13.1. The highest BCUT2D eigenvalue weighted by atomic mass is 32.2. The summed E-state index contributed by atoms with van der Waals surface area (Å²) < 4.78 is 5.55. The number of amides is 1. The summed E-state index contributed by atoms with van der Waals surface area (Å²) in [5, 5.41) is 3.03. The number of nitrogens with zero attached hydrogens (tertiary/aromatic N) is 1. The Hall–Kier alpha value is -2.53. The number of rotatable bonds is 8. The van der Waals surface area contributed by atoms with Gasteiger partial charge in [0.05, 0.1) is 5.69 Å². The third-order valence-electron chi connectivity index (χ3n) is 4.26. The number of hydrogen-bond acceptors (Lipinski definition) is 4. The molecule has 0 fully saturated rings. The van der Waals surface area contributed by atoms with Crippen molar-refractivity contribution in [1.29, 1.82) is 0 Å². The number of aryl methyl sites for hydroxylation is 2. The van der Waals surface area contributed by atoms with E-state index in [9.17, 15) is 4.79 Å². The Morgan fingerprint density at radius 3 is 2.56 bits per heavy atom. The second kappa shape index (κ2) is 9.42. The quantitative estimate of drug-likeness (QED) is 0.516. The second-order valence-corrected chi connectivity index (χ2v) is 7.59. The van der Waals surface area contributed by atoms with Crippen LogP contribution in [0.25, 0.3) is 11.5 Å². The van der Waals surface area contributed by atoms with Crippen molar-refractivity contribution in [2.45, 2.75) is 32.4 Å². The van der Waals surface area contributed by atoms with Gasteiger partial charge in [-0.15, -0.1) is 0 Å². The number of para-hydroxylation sites is 1. The van der Waals surface area contributed by atoms with E-state index in [1.54, 1.807) is 18.0 Å². The Bertz CT molecular complexity index is 870. The van der Waals surface area contributed by atoms with E-state index in [0.29, 0.717) is 12.3 Å². The Morgan fingerprint density at radius 1 is 1.07 bits per heavy atom. The molecule has 0 aliphatic heterocycles. The van der Waals surface area contributed by atoms with E-state index in [1.165, 1.54) is 0 Å². The summed E-state index contributed by atoms with van der Waals surface area (Å²) >= 11 is 1.77. The molecule has 0 bridgehead atoms. The molecule has 1 aromatic heterocycles. The van der Waals surface area contributed by atoms with E-state index in [2.05, 4.69) is 10.3 Å². The monoisotopic (exact) mass is 380 g/mol. The van der Waals surface area contributed by atoms with Gasteiger partial charge < -0.3 is 9.73 Å². The van der Waals surface area contributed by atoms with Crippen molar-refractivity contribution in [1.82, 2.24) is 4.98 Å². The van der Waals surface area contributed by atoms with Gasteiger partial charge in [-0.1, -0.05) is 36.4 Å². The van der Waals surface area contributed by atoms with E-state index in [1.807, 2.05) is 62.4 Å². The van der Waals surface area contributed by atoms with Crippen molar-refractivity contribution in [3.63, 3.8) is 0 Å². The van der Waals surface area contributed by atoms with Crippen molar-refractivity contribution in [3.8, 4) is 11.5 Å². The molecule has 5 heteroatoms. The first-order valence-electron chi connectivity index (χ1n) is 9.07. The van der Waals surface area contributed by atoms with E-state index < -0.39 is 0 Å². The van der Waals surface area contributed by atoms with Crippen LogP contribution in [0.3, 0.4) is 0 Å². The Balaban J connectivity index is 1.38. The lowest BCUT2D eigenvalue weighted by Gasteiger charge is -2.11. The van der Waals surface area contributed by atoms with Crippen LogP contribution in [0.15, 0.2) is 59.2 Å². The minimum atomic E-state index is 0.0702. The molecule has 27 heavy (non-hydrogen) atoms. The third kappa shape index (κ3) is 5.47. The smallest absolute Gasteiger partial charge is 0.226 e. The van der Waals surface area contributed by atoms with E-state index in [0.717, 1.165) is 46.0 Å². The average Bonchev–Trinajstić information content (AvgIpc) is 3.14. The van der Waals surface area contributed by atoms with Crippen LogP contribution in [0.4, 0.5) is 5.69 Å². The van der Waals surface area contributed by atoms with Crippen LogP contribution in [0.1, 0.15) is 29.7 Å². The summed E-state index contributed by atoms with van der Waals surface area (Å²) in [6.45, 7) is 4.03. The molecule has 3 rings (SSSR count). The summed E-state index contributed by atoms with van der Waals surface area (Å²) in [4.78, 5) is 16.7. The fourth-order valence-corrected chi connectivity index (χ4v) is 3.65. The maximum absolute atomic E-state index is 12.2. The van der Waals surface area contributed by atoms with Gasteiger partial charge in [0, 0.05) is 23.4 Å². The summed E-state index contributed by atoms with van der Waals surface area (Å²) in [6, 6.07) is 15.9. The molecule has 0 unspecified atom stereocenters.